The molecule has 3 aromatic carbocycles. The number of halogens is 3. The molecule has 0 aliphatic rings. The van der Waals surface area contributed by atoms with Crippen LogP contribution in [-0.4, -0.2) is 6.61 Å². The van der Waals surface area contributed by atoms with Gasteiger partial charge in [0.1, 0.15) is 6.61 Å². The van der Waals surface area contributed by atoms with Crippen molar-refractivity contribution in [2.75, 3.05) is 11.9 Å². The van der Waals surface area contributed by atoms with Gasteiger partial charge in [0.2, 0.25) is 0 Å². The molecule has 6 heteroatoms. The zero-order valence-electron chi connectivity index (χ0n) is 16.3. The summed E-state index contributed by atoms with van der Waals surface area (Å²) in [5.74, 6) is 1.35. The first kappa shape index (κ1) is 21.8. The van der Waals surface area contributed by atoms with Gasteiger partial charge < -0.3 is 14.8 Å². The van der Waals surface area contributed by atoms with Gasteiger partial charge in [-0.3, -0.25) is 0 Å². The van der Waals surface area contributed by atoms with E-state index in [1.807, 2.05) is 68.4 Å². The first-order valence-corrected chi connectivity index (χ1v) is 10.8. The molecule has 0 saturated carbocycles. The smallest absolute Gasteiger partial charge is 0.175 e. The minimum atomic E-state index is 0.359. The normalized spacial score (nSPS) is 10.7. The molecule has 0 saturated heterocycles. The van der Waals surface area contributed by atoms with Crippen molar-refractivity contribution in [3.8, 4) is 11.5 Å². The van der Waals surface area contributed by atoms with Crippen LogP contribution in [0.4, 0.5) is 5.69 Å². The fraction of sp³-hybridized carbons (Fsp3) is 0.217. The van der Waals surface area contributed by atoms with Crippen LogP contribution in [0.1, 0.15) is 23.6 Å². The molecule has 0 amide bonds. The summed E-state index contributed by atoms with van der Waals surface area (Å²) in [6, 6.07) is 17.5. The number of rotatable bonds is 8. The molecule has 0 unspecified atom stereocenters. The summed E-state index contributed by atoms with van der Waals surface area (Å²) in [5.41, 5.74) is 4.12. The van der Waals surface area contributed by atoms with Crippen LogP contribution in [0, 0.1) is 6.92 Å². The Morgan fingerprint density at radius 2 is 1.79 bits per heavy atom. The monoisotopic (exact) mass is 493 g/mol. The summed E-state index contributed by atoms with van der Waals surface area (Å²) in [6.45, 7) is 5.53. The molecule has 0 aliphatic carbocycles. The van der Waals surface area contributed by atoms with E-state index in [9.17, 15) is 0 Å². The SMILES string of the molecule is CCOc1cc(CNc2cc(Cl)ccc2C)cc(Br)c1OCc1ccccc1Cl. The maximum atomic E-state index is 6.24. The van der Waals surface area contributed by atoms with Gasteiger partial charge in [0.05, 0.1) is 11.1 Å². The van der Waals surface area contributed by atoms with Crippen LogP contribution in [0.25, 0.3) is 0 Å². The van der Waals surface area contributed by atoms with E-state index in [2.05, 4.69) is 21.2 Å². The molecular formula is C23H22BrCl2NO2. The minimum Gasteiger partial charge on any atom is -0.490 e. The Morgan fingerprint density at radius 3 is 2.55 bits per heavy atom. The highest BCUT2D eigenvalue weighted by Gasteiger charge is 2.14. The largest absolute Gasteiger partial charge is 0.490 e. The van der Waals surface area contributed by atoms with Gasteiger partial charge in [0, 0.05) is 27.8 Å². The van der Waals surface area contributed by atoms with E-state index in [1.54, 1.807) is 0 Å². The van der Waals surface area contributed by atoms with E-state index in [0.717, 1.165) is 26.9 Å². The van der Waals surface area contributed by atoms with Crippen molar-refractivity contribution >= 4 is 44.8 Å². The lowest BCUT2D eigenvalue weighted by Crippen LogP contribution is -2.05. The van der Waals surface area contributed by atoms with Crippen LogP contribution in [0.15, 0.2) is 59.1 Å². The third-order valence-corrected chi connectivity index (χ3v) is 5.57. The van der Waals surface area contributed by atoms with E-state index < -0.39 is 0 Å². The summed E-state index contributed by atoms with van der Waals surface area (Å²) in [6.07, 6.45) is 0. The number of nitrogens with one attached hydrogen (secondary N) is 1. The molecule has 0 spiro atoms. The van der Waals surface area contributed by atoms with Gasteiger partial charge in [-0.25, -0.2) is 0 Å². The lowest BCUT2D eigenvalue weighted by atomic mass is 10.1. The zero-order chi connectivity index (χ0) is 20.8. The second kappa shape index (κ2) is 10.2. The molecule has 1 N–H and O–H groups in total. The highest BCUT2D eigenvalue weighted by atomic mass is 79.9. The van der Waals surface area contributed by atoms with Crippen LogP contribution in [0.3, 0.4) is 0 Å². The molecule has 3 rings (SSSR count). The van der Waals surface area contributed by atoms with Crippen LogP contribution in [0.5, 0.6) is 11.5 Å². The van der Waals surface area contributed by atoms with Gasteiger partial charge in [-0.05, 0) is 71.2 Å². The van der Waals surface area contributed by atoms with Crippen molar-refractivity contribution in [1.82, 2.24) is 0 Å². The molecule has 3 aromatic rings. The van der Waals surface area contributed by atoms with E-state index in [0.29, 0.717) is 41.3 Å². The first-order valence-electron chi connectivity index (χ1n) is 9.29. The van der Waals surface area contributed by atoms with Gasteiger partial charge in [-0.15, -0.1) is 0 Å². The molecule has 0 heterocycles. The average Bonchev–Trinajstić information content (AvgIpc) is 2.69. The highest BCUT2D eigenvalue weighted by Crippen LogP contribution is 2.38. The maximum Gasteiger partial charge on any atom is 0.175 e. The van der Waals surface area contributed by atoms with Gasteiger partial charge in [-0.1, -0.05) is 47.5 Å². The van der Waals surface area contributed by atoms with Crippen molar-refractivity contribution in [2.24, 2.45) is 0 Å². The topological polar surface area (TPSA) is 30.5 Å². The molecule has 0 aromatic heterocycles. The van der Waals surface area contributed by atoms with Gasteiger partial charge >= 0.3 is 0 Å². The fourth-order valence-electron chi connectivity index (χ4n) is 2.87. The van der Waals surface area contributed by atoms with Crippen LogP contribution >= 0.6 is 39.1 Å². The van der Waals surface area contributed by atoms with E-state index in [-0.39, 0.29) is 0 Å². The van der Waals surface area contributed by atoms with Gasteiger partial charge in [0.25, 0.3) is 0 Å². The number of anilines is 1. The van der Waals surface area contributed by atoms with Crippen molar-refractivity contribution in [1.29, 1.82) is 0 Å². The third-order valence-electron chi connectivity index (χ3n) is 4.38. The highest BCUT2D eigenvalue weighted by molar-refractivity contribution is 9.10. The predicted octanol–water partition coefficient (Wildman–Crippen LogP) is 7.65. The Labute approximate surface area is 190 Å². The summed E-state index contributed by atoms with van der Waals surface area (Å²) < 4.78 is 12.7. The third kappa shape index (κ3) is 5.81. The summed E-state index contributed by atoms with van der Waals surface area (Å²) in [5, 5.41) is 4.82. The first-order chi connectivity index (χ1) is 14.0. The van der Waals surface area contributed by atoms with Crippen molar-refractivity contribution in [3.05, 3.63) is 85.8 Å². The molecule has 0 radical (unpaired) electrons. The Hall–Kier alpha value is -1.88. The number of ether oxygens (including phenoxy) is 2. The second-order valence-corrected chi connectivity index (χ2v) is 8.23. The van der Waals surface area contributed by atoms with E-state index in [1.165, 1.54) is 0 Å². The molecular weight excluding hydrogens is 473 g/mol. The van der Waals surface area contributed by atoms with Crippen LogP contribution in [-0.2, 0) is 13.2 Å². The zero-order valence-corrected chi connectivity index (χ0v) is 19.4. The fourth-order valence-corrected chi connectivity index (χ4v) is 3.84. The van der Waals surface area contributed by atoms with Crippen LogP contribution < -0.4 is 14.8 Å². The molecule has 3 nitrogen and oxygen atoms in total. The standard InChI is InChI=1S/C23H22BrCl2NO2/c1-3-28-22-11-16(13-27-21-12-18(25)9-8-15(21)2)10-19(24)23(22)29-14-17-6-4-5-7-20(17)26/h4-12,27H,3,13-14H2,1-2H3. The lowest BCUT2D eigenvalue weighted by molar-refractivity contribution is 0.267. The molecule has 29 heavy (non-hydrogen) atoms. The maximum absolute atomic E-state index is 6.24. The minimum absolute atomic E-state index is 0.359. The Morgan fingerprint density at radius 1 is 1.00 bits per heavy atom. The Balaban J connectivity index is 1.78. The molecule has 0 atom stereocenters. The van der Waals surface area contributed by atoms with E-state index >= 15 is 0 Å². The molecule has 152 valence electrons. The Bertz CT molecular complexity index is 995. The molecule has 0 fully saturated rings. The van der Waals surface area contributed by atoms with Gasteiger partial charge in [0.15, 0.2) is 11.5 Å². The molecule has 0 aliphatic heterocycles. The molecule has 0 bridgehead atoms. The lowest BCUT2D eigenvalue weighted by Gasteiger charge is -2.17. The summed E-state index contributed by atoms with van der Waals surface area (Å²) in [7, 11) is 0. The van der Waals surface area contributed by atoms with Crippen molar-refractivity contribution in [3.63, 3.8) is 0 Å². The van der Waals surface area contributed by atoms with Gasteiger partial charge in [-0.2, -0.15) is 0 Å². The quantitative estimate of drug-likeness (QED) is 0.348. The predicted molar refractivity (Wildman–Crippen MR) is 125 cm³/mol. The van der Waals surface area contributed by atoms with Crippen molar-refractivity contribution in [2.45, 2.75) is 27.0 Å². The average molecular weight is 495 g/mol. The number of hydrogen-bond donors (Lipinski definition) is 1. The van der Waals surface area contributed by atoms with Crippen LogP contribution in [0.2, 0.25) is 10.0 Å². The second-order valence-electron chi connectivity index (χ2n) is 6.53. The summed E-state index contributed by atoms with van der Waals surface area (Å²) >= 11 is 16.0. The Kier molecular flexibility index (Phi) is 7.70. The number of aryl methyl sites for hydroxylation is 1. The van der Waals surface area contributed by atoms with Crippen molar-refractivity contribution < 1.29 is 9.47 Å². The summed E-state index contributed by atoms with van der Waals surface area (Å²) in [4.78, 5) is 0. The van der Waals surface area contributed by atoms with E-state index in [4.69, 9.17) is 32.7 Å². The number of hydrogen-bond acceptors (Lipinski definition) is 3. The number of benzene rings is 3.